The Kier molecular flexibility index (Phi) is 7.53. The molecule has 0 heterocycles. The van der Waals surface area contributed by atoms with Gasteiger partial charge in [-0.05, 0) is 17.7 Å². The lowest BCUT2D eigenvalue weighted by atomic mass is 10.1. The maximum atomic E-state index is 12.2. The summed E-state index contributed by atoms with van der Waals surface area (Å²) in [7, 11) is 3.37. The van der Waals surface area contributed by atoms with Crippen molar-refractivity contribution in [2.24, 2.45) is 0 Å². The molecule has 2 aromatic rings. The van der Waals surface area contributed by atoms with E-state index < -0.39 is 12.1 Å². The summed E-state index contributed by atoms with van der Waals surface area (Å²) >= 11 is 1.56. The molecule has 0 fully saturated rings. The number of carbonyl (C=O) groups excluding carboxylic acids is 1. The number of hydrogen-bond acceptors (Lipinski definition) is 3. The maximum absolute atomic E-state index is 12.2. The van der Waals surface area contributed by atoms with Gasteiger partial charge >= 0.3 is 6.09 Å². The Labute approximate surface area is 158 Å². The van der Waals surface area contributed by atoms with E-state index in [1.807, 2.05) is 60.7 Å². The molecule has 1 N–H and O–H groups in total. The summed E-state index contributed by atoms with van der Waals surface area (Å²) in [6, 6.07) is 18.8. The molecule has 2 aromatic carbocycles. The van der Waals surface area contributed by atoms with Gasteiger partial charge in [0.25, 0.3) is 0 Å². The molecule has 0 aliphatic heterocycles. The summed E-state index contributed by atoms with van der Waals surface area (Å²) in [6.45, 7) is 0.261. The number of rotatable bonds is 8. The standard InChI is InChI=1S/C20H24N2O3S/c1-21(2)19(23)13-17(15-26-18-11-7-4-8-12-18)22(20(24)25)14-16-9-5-3-6-10-16/h3-12,17H,13-15H2,1-2H3,(H,24,25)/t17-/m1/s1. The number of thioether (sulfide) groups is 1. The molecule has 0 aliphatic rings. The van der Waals surface area contributed by atoms with Gasteiger partial charge in [-0.3, -0.25) is 9.69 Å². The monoisotopic (exact) mass is 372 g/mol. The second-order valence-corrected chi connectivity index (χ2v) is 7.26. The van der Waals surface area contributed by atoms with Crippen LogP contribution < -0.4 is 0 Å². The van der Waals surface area contributed by atoms with E-state index in [1.54, 1.807) is 25.9 Å². The van der Waals surface area contributed by atoms with Gasteiger partial charge in [-0.25, -0.2) is 4.79 Å². The van der Waals surface area contributed by atoms with Crippen LogP contribution in [0.25, 0.3) is 0 Å². The van der Waals surface area contributed by atoms with Crippen LogP contribution in [-0.2, 0) is 11.3 Å². The first-order valence-corrected chi connectivity index (χ1v) is 9.37. The smallest absolute Gasteiger partial charge is 0.407 e. The fraction of sp³-hybridized carbons (Fsp3) is 0.300. The number of carbonyl (C=O) groups is 2. The molecule has 0 saturated heterocycles. The van der Waals surface area contributed by atoms with E-state index in [0.29, 0.717) is 5.75 Å². The molecule has 2 amide bonds. The van der Waals surface area contributed by atoms with Crippen LogP contribution in [0.2, 0.25) is 0 Å². The summed E-state index contributed by atoms with van der Waals surface area (Å²) in [5.74, 6) is 0.436. The lowest BCUT2D eigenvalue weighted by Crippen LogP contribution is -2.43. The van der Waals surface area contributed by atoms with Crippen LogP contribution in [0.3, 0.4) is 0 Å². The van der Waals surface area contributed by atoms with Crippen molar-refractivity contribution in [3.05, 3.63) is 66.2 Å². The first kappa shape index (κ1) is 19.8. The SMILES string of the molecule is CN(C)C(=O)C[C@H](CSc1ccccc1)N(Cc1ccccc1)C(=O)O. The van der Waals surface area contributed by atoms with E-state index >= 15 is 0 Å². The molecule has 0 aliphatic carbocycles. The van der Waals surface area contributed by atoms with Crippen LogP contribution in [-0.4, -0.2) is 52.8 Å². The zero-order valence-electron chi connectivity index (χ0n) is 15.0. The first-order chi connectivity index (χ1) is 12.5. The normalized spacial score (nSPS) is 11.6. The van der Waals surface area contributed by atoms with Crippen LogP contribution in [0.4, 0.5) is 4.79 Å². The van der Waals surface area contributed by atoms with E-state index in [4.69, 9.17) is 0 Å². The Morgan fingerprint density at radius 1 is 1.00 bits per heavy atom. The number of carboxylic acid groups (broad SMARTS) is 1. The van der Waals surface area contributed by atoms with Crippen molar-refractivity contribution in [3.8, 4) is 0 Å². The third-order valence-electron chi connectivity index (χ3n) is 3.98. The zero-order chi connectivity index (χ0) is 18.9. The highest BCUT2D eigenvalue weighted by Crippen LogP contribution is 2.23. The lowest BCUT2D eigenvalue weighted by molar-refractivity contribution is -0.129. The van der Waals surface area contributed by atoms with Crippen LogP contribution in [0.5, 0.6) is 0 Å². The largest absolute Gasteiger partial charge is 0.465 e. The Balaban J connectivity index is 2.17. The van der Waals surface area contributed by atoms with E-state index in [0.717, 1.165) is 10.5 Å². The molecule has 0 spiro atoms. The van der Waals surface area contributed by atoms with Gasteiger partial charge in [0.2, 0.25) is 5.91 Å². The minimum absolute atomic E-state index is 0.0806. The minimum Gasteiger partial charge on any atom is -0.465 e. The van der Waals surface area contributed by atoms with E-state index in [9.17, 15) is 14.7 Å². The number of hydrogen-bond donors (Lipinski definition) is 1. The van der Waals surface area contributed by atoms with Crippen molar-refractivity contribution in [1.29, 1.82) is 0 Å². The van der Waals surface area contributed by atoms with Crippen molar-refractivity contribution in [2.75, 3.05) is 19.8 Å². The molecule has 0 bridgehead atoms. The summed E-state index contributed by atoms with van der Waals surface area (Å²) < 4.78 is 0. The summed E-state index contributed by atoms with van der Waals surface area (Å²) in [4.78, 5) is 28.1. The van der Waals surface area contributed by atoms with Crippen molar-refractivity contribution >= 4 is 23.8 Å². The Morgan fingerprint density at radius 2 is 1.58 bits per heavy atom. The Hall–Kier alpha value is -2.47. The number of amides is 2. The molecular weight excluding hydrogens is 348 g/mol. The van der Waals surface area contributed by atoms with Crippen LogP contribution in [0.15, 0.2) is 65.6 Å². The molecule has 138 valence electrons. The third kappa shape index (κ3) is 6.11. The molecular formula is C20H24N2O3S. The molecule has 0 radical (unpaired) electrons. The molecule has 5 nitrogen and oxygen atoms in total. The highest BCUT2D eigenvalue weighted by Gasteiger charge is 2.26. The summed E-state index contributed by atoms with van der Waals surface area (Å²) in [6.07, 6.45) is -0.856. The van der Waals surface area contributed by atoms with Crippen LogP contribution >= 0.6 is 11.8 Å². The molecule has 0 unspecified atom stereocenters. The van der Waals surface area contributed by atoms with Gasteiger partial charge in [0.15, 0.2) is 0 Å². The molecule has 2 rings (SSSR count). The fourth-order valence-corrected chi connectivity index (χ4v) is 3.52. The van der Waals surface area contributed by atoms with Gasteiger partial charge < -0.3 is 10.0 Å². The molecule has 26 heavy (non-hydrogen) atoms. The molecule has 6 heteroatoms. The van der Waals surface area contributed by atoms with Gasteiger partial charge in [0.1, 0.15) is 0 Å². The van der Waals surface area contributed by atoms with Gasteiger partial charge in [-0.2, -0.15) is 0 Å². The first-order valence-electron chi connectivity index (χ1n) is 8.39. The number of nitrogens with zero attached hydrogens (tertiary/aromatic N) is 2. The maximum Gasteiger partial charge on any atom is 0.407 e. The van der Waals surface area contributed by atoms with Gasteiger partial charge in [0.05, 0.1) is 6.04 Å². The van der Waals surface area contributed by atoms with Crippen molar-refractivity contribution < 1.29 is 14.7 Å². The topological polar surface area (TPSA) is 60.9 Å². The number of benzene rings is 2. The average molecular weight is 372 g/mol. The summed E-state index contributed by atoms with van der Waals surface area (Å²) in [5.41, 5.74) is 0.905. The predicted octanol–water partition coefficient (Wildman–Crippen LogP) is 3.81. The average Bonchev–Trinajstić information content (AvgIpc) is 2.64. The van der Waals surface area contributed by atoms with E-state index in [1.165, 1.54) is 9.80 Å². The lowest BCUT2D eigenvalue weighted by Gasteiger charge is -2.30. The van der Waals surface area contributed by atoms with Crippen molar-refractivity contribution in [1.82, 2.24) is 9.80 Å². The Morgan fingerprint density at radius 3 is 2.12 bits per heavy atom. The third-order valence-corrected chi connectivity index (χ3v) is 5.13. The van der Waals surface area contributed by atoms with E-state index in [2.05, 4.69) is 0 Å². The van der Waals surface area contributed by atoms with Crippen LogP contribution in [0.1, 0.15) is 12.0 Å². The van der Waals surface area contributed by atoms with Gasteiger partial charge in [0, 0.05) is 37.7 Å². The van der Waals surface area contributed by atoms with Crippen molar-refractivity contribution in [2.45, 2.75) is 23.9 Å². The Bertz CT molecular complexity index is 708. The minimum atomic E-state index is -1.01. The predicted molar refractivity (Wildman–Crippen MR) is 104 cm³/mol. The quantitative estimate of drug-likeness (QED) is 0.716. The van der Waals surface area contributed by atoms with E-state index in [-0.39, 0.29) is 18.9 Å². The zero-order valence-corrected chi connectivity index (χ0v) is 15.9. The second kappa shape index (κ2) is 9.87. The fourth-order valence-electron chi connectivity index (χ4n) is 2.49. The summed E-state index contributed by atoms with van der Waals surface area (Å²) in [5, 5.41) is 9.75. The second-order valence-electron chi connectivity index (χ2n) is 6.17. The van der Waals surface area contributed by atoms with Gasteiger partial charge in [-0.15, -0.1) is 11.8 Å². The van der Waals surface area contributed by atoms with Crippen molar-refractivity contribution in [3.63, 3.8) is 0 Å². The van der Waals surface area contributed by atoms with Crippen LogP contribution in [0, 0.1) is 0 Å². The highest BCUT2D eigenvalue weighted by atomic mass is 32.2. The molecule has 0 saturated carbocycles. The van der Waals surface area contributed by atoms with Gasteiger partial charge in [-0.1, -0.05) is 48.5 Å². The molecule has 1 atom stereocenters. The molecule has 0 aromatic heterocycles. The highest BCUT2D eigenvalue weighted by molar-refractivity contribution is 7.99.